The number of aliphatic hydroxyl groups excluding tert-OH is 1. The molecule has 2 rings (SSSR count). The number of aromatic nitrogens is 3. The average Bonchev–Trinajstić information content (AvgIpc) is 2.88. The Labute approximate surface area is 126 Å². The van der Waals surface area contributed by atoms with Crippen molar-refractivity contribution in [3.63, 3.8) is 0 Å². The number of aryl methyl sites for hydroxylation is 1. The van der Waals surface area contributed by atoms with Crippen LogP contribution >= 0.6 is 0 Å². The lowest BCUT2D eigenvalue weighted by Crippen LogP contribution is -2.35. The minimum absolute atomic E-state index is 0.326. The molecule has 0 spiro atoms. The SMILES string of the molecule is CC1CCCCC1OCC(O)CNCCc1nncn1C. The molecule has 0 aliphatic heterocycles. The Balaban J connectivity index is 1.55. The molecular weight excluding hydrogens is 268 g/mol. The highest BCUT2D eigenvalue weighted by molar-refractivity contribution is 4.84. The summed E-state index contributed by atoms with van der Waals surface area (Å²) in [5.41, 5.74) is 0. The van der Waals surface area contributed by atoms with Gasteiger partial charge in [0.2, 0.25) is 0 Å². The van der Waals surface area contributed by atoms with Gasteiger partial charge in [-0.3, -0.25) is 0 Å². The highest BCUT2D eigenvalue weighted by Gasteiger charge is 2.22. The van der Waals surface area contributed by atoms with Crippen molar-refractivity contribution in [2.45, 2.75) is 51.2 Å². The van der Waals surface area contributed by atoms with Crippen LogP contribution in [0.5, 0.6) is 0 Å². The molecule has 1 fully saturated rings. The molecule has 0 saturated heterocycles. The number of ether oxygens (including phenoxy) is 1. The lowest BCUT2D eigenvalue weighted by Gasteiger charge is -2.29. The van der Waals surface area contributed by atoms with Gasteiger partial charge in [-0.2, -0.15) is 0 Å². The van der Waals surface area contributed by atoms with Crippen molar-refractivity contribution < 1.29 is 9.84 Å². The Morgan fingerprint density at radius 1 is 1.48 bits per heavy atom. The molecule has 6 heteroatoms. The van der Waals surface area contributed by atoms with E-state index in [-0.39, 0.29) is 0 Å². The average molecular weight is 296 g/mol. The molecule has 0 radical (unpaired) electrons. The third kappa shape index (κ3) is 5.37. The number of hydrogen-bond acceptors (Lipinski definition) is 5. The van der Waals surface area contributed by atoms with Gasteiger partial charge in [0.05, 0.1) is 18.8 Å². The molecule has 3 atom stereocenters. The highest BCUT2D eigenvalue weighted by Crippen LogP contribution is 2.26. The first-order valence-electron chi connectivity index (χ1n) is 8.00. The summed E-state index contributed by atoms with van der Waals surface area (Å²) in [6.45, 7) is 4.00. The molecule has 1 saturated carbocycles. The van der Waals surface area contributed by atoms with Gasteiger partial charge in [0.25, 0.3) is 0 Å². The Kier molecular flexibility index (Phi) is 6.60. The van der Waals surface area contributed by atoms with Crippen LogP contribution in [-0.4, -0.2) is 51.8 Å². The van der Waals surface area contributed by atoms with E-state index < -0.39 is 6.10 Å². The second kappa shape index (κ2) is 8.46. The Morgan fingerprint density at radius 3 is 3.00 bits per heavy atom. The summed E-state index contributed by atoms with van der Waals surface area (Å²) >= 11 is 0. The quantitative estimate of drug-likeness (QED) is 0.698. The van der Waals surface area contributed by atoms with Crippen LogP contribution in [0.1, 0.15) is 38.4 Å². The lowest BCUT2D eigenvalue weighted by molar-refractivity contribution is -0.0450. The number of hydrogen-bond donors (Lipinski definition) is 2. The normalized spacial score (nSPS) is 24.1. The fourth-order valence-corrected chi connectivity index (χ4v) is 2.83. The molecule has 6 nitrogen and oxygen atoms in total. The van der Waals surface area contributed by atoms with Gasteiger partial charge in [0, 0.05) is 26.6 Å². The van der Waals surface area contributed by atoms with Crippen LogP contribution in [0.3, 0.4) is 0 Å². The summed E-state index contributed by atoms with van der Waals surface area (Å²) in [6.07, 6.45) is 7.33. The van der Waals surface area contributed by atoms with Crippen molar-refractivity contribution in [2.75, 3.05) is 19.7 Å². The third-order valence-electron chi connectivity index (χ3n) is 4.25. The van der Waals surface area contributed by atoms with Crippen LogP contribution in [-0.2, 0) is 18.2 Å². The van der Waals surface area contributed by atoms with E-state index in [1.165, 1.54) is 19.3 Å². The smallest absolute Gasteiger partial charge is 0.133 e. The fourth-order valence-electron chi connectivity index (χ4n) is 2.83. The summed E-state index contributed by atoms with van der Waals surface area (Å²) in [7, 11) is 1.93. The number of rotatable bonds is 8. The van der Waals surface area contributed by atoms with Crippen molar-refractivity contribution in [2.24, 2.45) is 13.0 Å². The van der Waals surface area contributed by atoms with Gasteiger partial charge >= 0.3 is 0 Å². The zero-order chi connectivity index (χ0) is 15.1. The summed E-state index contributed by atoms with van der Waals surface area (Å²) in [6, 6.07) is 0. The molecule has 0 amide bonds. The largest absolute Gasteiger partial charge is 0.389 e. The molecule has 0 bridgehead atoms. The standard InChI is InChI=1S/C15H28N4O2/c1-12-5-3-4-6-14(12)21-10-13(20)9-16-8-7-15-18-17-11-19(15)2/h11-14,16,20H,3-10H2,1-2H3. The van der Waals surface area contributed by atoms with Crippen molar-refractivity contribution in [3.05, 3.63) is 12.2 Å². The van der Waals surface area contributed by atoms with Crippen LogP contribution in [0.2, 0.25) is 0 Å². The van der Waals surface area contributed by atoms with Gasteiger partial charge in [-0.15, -0.1) is 10.2 Å². The van der Waals surface area contributed by atoms with Gasteiger partial charge in [-0.05, 0) is 18.8 Å². The number of aliphatic hydroxyl groups is 1. The summed E-state index contributed by atoms with van der Waals surface area (Å²) in [5, 5.41) is 21.1. The van der Waals surface area contributed by atoms with Gasteiger partial charge in [0.15, 0.2) is 0 Å². The van der Waals surface area contributed by atoms with Gasteiger partial charge in [0.1, 0.15) is 12.2 Å². The van der Waals surface area contributed by atoms with E-state index in [1.807, 2.05) is 11.6 Å². The summed E-state index contributed by atoms with van der Waals surface area (Å²) < 4.78 is 7.77. The van der Waals surface area contributed by atoms with E-state index >= 15 is 0 Å². The second-order valence-electron chi connectivity index (χ2n) is 6.10. The molecule has 1 aromatic rings. The summed E-state index contributed by atoms with van der Waals surface area (Å²) in [5.74, 6) is 1.57. The zero-order valence-electron chi connectivity index (χ0n) is 13.2. The monoisotopic (exact) mass is 296 g/mol. The molecule has 0 aromatic carbocycles. The molecule has 3 unspecified atom stereocenters. The predicted octanol–water partition coefficient (Wildman–Crippen LogP) is 0.903. The van der Waals surface area contributed by atoms with E-state index in [9.17, 15) is 5.11 Å². The Morgan fingerprint density at radius 2 is 2.29 bits per heavy atom. The van der Waals surface area contributed by atoms with E-state index in [0.29, 0.717) is 25.2 Å². The van der Waals surface area contributed by atoms with Crippen LogP contribution in [0.4, 0.5) is 0 Å². The van der Waals surface area contributed by atoms with E-state index in [1.54, 1.807) is 6.33 Å². The first-order valence-corrected chi connectivity index (χ1v) is 8.00. The highest BCUT2D eigenvalue weighted by atomic mass is 16.5. The fraction of sp³-hybridized carbons (Fsp3) is 0.867. The minimum Gasteiger partial charge on any atom is -0.389 e. The maximum absolute atomic E-state index is 9.96. The van der Waals surface area contributed by atoms with Crippen molar-refractivity contribution in [3.8, 4) is 0 Å². The summed E-state index contributed by atoms with van der Waals surface area (Å²) in [4.78, 5) is 0. The third-order valence-corrected chi connectivity index (χ3v) is 4.25. The first kappa shape index (κ1) is 16.4. The van der Waals surface area contributed by atoms with E-state index in [2.05, 4.69) is 22.4 Å². The van der Waals surface area contributed by atoms with Crippen LogP contribution < -0.4 is 5.32 Å². The van der Waals surface area contributed by atoms with Crippen molar-refractivity contribution in [1.82, 2.24) is 20.1 Å². The minimum atomic E-state index is -0.446. The number of nitrogens with zero attached hydrogens (tertiary/aromatic N) is 3. The molecular formula is C15H28N4O2. The van der Waals surface area contributed by atoms with Crippen LogP contribution in [0.25, 0.3) is 0 Å². The molecule has 1 aliphatic rings. The lowest BCUT2D eigenvalue weighted by atomic mass is 9.88. The maximum atomic E-state index is 9.96. The number of nitrogens with one attached hydrogen (secondary N) is 1. The second-order valence-corrected chi connectivity index (χ2v) is 6.10. The topological polar surface area (TPSA) is 72.2 Å². The molecule has 1 aromatic heterocycles. The van der Waals surface area contributed by atoms with Gasteiger partial charge < -0.3 is 19.7 Å². The molecule has 120 valence electrons. The van der Waals surface area contributed by atoms with Gasteiger partial charge in [-0.1, -0.05) is 19.8 Å². The molecule has 1 aliphatic carbocycles. The van der Waals surface area contributed by atoms with Gasteiger partial charge in [-0.25, -0.2) is 0 Å². The van der Waals surface area contributed by atoms with Crippen LogP contribution in [0, 0.1) is 5.92 Å². The zero-order valence-corrected chi connectivity index (χ0v) is 13.2. The Bertz CT molecular complexity index is 410. The van der Waals surface area contributed by atoms with Crippen molar-refractivity contribution >= 4 is 0 Å². The first-order chi connectivity index (χ1) is 10.2. The predicted molar refractivity (Wildman–Crippen MR) is 81.0 cm³/mol. The van der Waals surface area contributed by atoms with E-state index in [4.69, 9.17) is 4.74 Å². The van der Waals surface area contributed by atoms with E-state index in [0.717, 1.165) is 25.2 Å². The maximum Gasteiger partial charge on any atom is 0.133 e. The molecule has 21 heavy (non-hydrogen) atoms. The van der Waals surface area contributed by atoms with Crippen LogP contribution in [0.15, 0.2) is 6.33 Å². The Hall–Kier alpha value is -0.980. The van der Waals surface area contributed by atoms with Crippen molar-refractivity contribution in [1.29, 1.82) is 0 Å². The molecule has 1 heterocycles. The molecule has 2 N–H and O–H groups in total.